The van der Waals surface area contributed by atoms with Crippen molar-refractivity contribution in [3.05, 3.63) is 41.3 Å². The molecule has 1 saturated heterocycles. The van der Waals surface area contributed by atoms with Crippen molar-refractivity contribution in [3.8, 4) is 17.6 Å². The fourth-order valence-electron chi connectivity index (χ4n) is 3.57. The molecule has 0 spiro atoms. The Morgan fingerprint density at radius 2 is 2.18 bits per heavy atom. The van der Waals surface area contributed by atoms with Gasteiger partial charge in [0.1, 0.15) is 0 Å². The number of rotatable bonds is 6. The molecule has 0 radical (unpaired) electrons. The molecule has 1 unspecified atom stereocenters. The Morgan fingerprint density at radius 3 is 2.93 bits per heavy atom. The van der Waals surface area contributed by atoms with E-state index in [0.29, 0.717) is 41.9 Å². The van der Waals surface area contributed by atoms with Crippen molar-refractivity contribution in [2.75, 3.05) is 26.8 Å². The zero-order chi connectivity index (χ0) is 19.5. The third-order valence-corrected chi connectivity index (χ3v) is 5.31. The summed E-state index contributed by atoms with van der Waals surface area (Å²) in [6.45, 7) is 1.82. The molecule has 2 heterocycles. The van der Waals surface area contributed by atoms with Crippen molar-refractivity contribution in [2.45, 2.75) is 31.6 Å². The molecule has 2 aliphatic rings. The molecule has 1 aliphatic carbocycles. The number of carbonyl (C=O) groups is 1. The summed E-state index contributed by atoms with van der Waals surface area (Å²) in [6, 6.07) is 8.99. The molecule has 1 atom stereocenters. The van der Waals surface area contributed by atoms with Gasteiger partial charge in [0.15, 0.2) is 11.5 Å². The van der Waals surface area contributed by atoms with Gasteiger partial charge in [-0.1, -0.05) is 5.16 Å². The molecule has 1 saturated carbocycles. The molecule has 1 aromatic heterocycles. The maximum atomic E-state index is 12.7. The molecule has 146 valence electrons. The number of nitrogens with zero attached hydrogens (tertiary/aromatic N) is 3. The normalized spacial score (nSPS) is 19.1. The van der Waals surface area contributed by atoms with E-state index >= 15 is 0 Å². The molecule has 1 aromatic carbocycles. The summed E-state index contributed by atoms with van der Waals surface area (Å²) >= 11 is 0. The molecular formula is C21H23N3O4. The monoisotopic (exact) mass is 381 g/mol. The Hall–Kier alpha value is -3.01. The van der Waals surface area contributed by atoms with Crippen LogP contribution in [0.2, 0.25) is 0 Å². The molecule has 7 nitrogen and oxygen atoms in total. The topological polar surface area (TPSA) is 88.6 Å². The van der Waals surface area contributed by atoms with Crippen LogP contribution >= 0.6 is 0 Å². The van der Waals surface area contributed by atoms with Crippen LogP contribution < -0.4 is 9.47 Å². The van der Waals surface area contributed by atoms with E-state index in [-0.39, 0.29) is 11.8 Å². The largest absolute Gasteiger partial charge is 0.493 e. The van der Waals surface area contributed by atoms with E-state index in [9.17, 15) is 4.79 Å². The van der Waals surface area contributed by atoms with Gasteiger partial charge in [-0.15, -0.1) is 0 Å². The van der Waals surface area contributed by atoms with Gasteiger partial charge in [-0.2, -0.15) is 5.26 Å². The van der Waals surface area contributed by atoms with Crippen molar-refractivity contribution in [1.29, 1.82) is 5.26 Å². The van der Waals surface area contributed by atoms with Crippen molar-refractivity contribution in [2.24, 2.45) is 5.92 Å². The highest BCUT2D eigenvalue weighted by atomic mass is 16.5. The summed E-state index contributed by atoms with van der Waals surface area (Å²) < 4.78 is 16.5. The number of piperidine rings is 1. The molecule has 7 heteroatoms. The highest BCUT2D eigenvalue weighted by molar-refractivity contribution is 5.91. The number of methoxy groups -OCH3 is 1. The Kier molecular flexibility index (Phi) is 5.20. The highest BCUT2D eigenvalue weighted by Crippen LogP contribution is 2.39. The number of aromatic nitrogens is 1. The molecule has 0 N–H and O–H groups in total. The van der Waals surface area contributed by atoms with Crippen molar-refractivity contribution >= 4 is 5.91 Å². The number of benzene rings is 1. The van der Waals surface area contributed by atoms with Gasteiger partial charge < -0.3 is 18.9 Å². The number of hydrogen-bond donors (Lipinski definition) is 0. The van der Waals surface area contributed by atoms with Gasteiger partial charge in [0.25, 0.3) is 5.91 Å². The Morgan fingerprint density at radius 1 is 1.32 bits per heavy atom. The predicted octanol–water partition coefficient (Wildman–Crippen LogP) is 3.36. The number of likely N-dealkylation sites (tertiary alicyclic amines) is 1. The maximum Gasteiger partial charge on any atom is 0.292 e. The third-order valence-electron chi connectivity index (χ3n) is 5.31. The first-order valence-electron chi connectivity index (χ1n) is 9.64. The average Bonchev–Trinajstić information content (AvgIpc) is 3.48. The predicted molar refractivity (Wildman–Crippen MR) is 100 cm³/mol. The van der Waals surface area contributed by atoms with Crippen molar-refractivity contribution in [3.63, 3.8) is 0 Å². The van der Waals surface area contributed by atoms with Gasteiger partial charge in [0, 0.05) is 37.1 Å². The van der Waals surface area contributed by atoms with Crippen molar-refractivity contribution in [1.82, 2.24) is 10.1 Å². The number of amides is 1. The maximum absolute atomic E-state index is 12.7. The van der Waals surface area contributed by atoms with Crippen LogP contribution in [-0.4, -0.2) is 42.8 Å². The van der Waals surface area contributed by atoms with E-state index in [1.165, 1.54) is 0 Å². The van der Waals surface area contributed by atoms with Crippen LogP contribution in [0.15, 0.2) is 28.8 Å². The summed E-state index contributed by atoms with van der Waals surface area (Å²) in [4.78, 5) is 14.6. The summed E-state index contributed by atoms with van der Waals surface area (Å²) in [5.74, 6) is 2.07. The minimum atomic E-state index is -0.0972. The van der Waals surface area contributed by atoms with Gasteiger partial charge >= 0.3 is 0 Å². The van der Waals surface area contributed by atoms with Crippen LogP contribution in [0.25, 0.3) is 0 Å². The minimum absolute atomic E-state index is 0.0972. The number of carbonyl (C=O) groups excluding carboxylic acids is 1. The number of ether oxygens (including phenoxy) is 2. The quantitative estimate of drug-likeness (QED) is 0.762. The molecular weight excluding hydrogens is 358 g/mol. The molecule has 1 aliphatic heterocycles. The zero-order valence-electron chi connectivity index (χ0n) is 15.9. The second kappa shape index (κ2) is 7.93. The van der Waals surface area contributed by atoms with E-state index in [0.717, 1.165) is 37.9 Å². The zero-order valence-corrected chi connectivity index (χ0v) is 15.9. The molecule has 1 amide bonds. The Bertz CT molecular complexity index is 897. The van der Waals surface area contributed by atoms with Gasteiger partial charge in [-0.25, -0.2) is 0 Å². The lowest BCUT2D eigenvalue weighted by molar-refractivity contribution is 0.0591. The summed E-state index contributed by atoms with van der Waals surface area (Å²) in [6.07, 6.45) is 4.17. The second-order valence-electron chi connectivity index (χ2n) is 7.44. The minimum Gasteiger partial charge on any atom is -0.493 e. The van der Waals surface area contributed by atoms with Crippen LogP contribution in [0.4, 0.5) is 0 Å². The third kappa shape index (κ3) is 3.96. The number of hydrogen-bond acceptors (Lipinski definition) is 6. The lowest BCUT2D eigenvalue weighted by Crippen LogP contribution is -2.41. The second-order valence-corrected chi connectivity index (χ2v) is 7.44. The van der Waals surface area contributed by atoms with Gasteiger partial charge in [0.2, 0.25) is 5.76 Å². The Labute approximate surface area is 163 Å². The summed E-state index contributed by atoms with van der Waals surface area (Å²) in [5, 5.41) is 13.0. The molecule has 4 rings (SSSR count). The van der Waals surface area contributed by atoms with Crippen LogP contribution in [0.3, 0.4) is 0 Å². The van der Waals surface area contributed by atoms with E-state index in [1.54, 1.807) is 31.4 Å². The number of nitriles is 1. The molecule has 2 fully saturated rings. The smallest absolute Gasteiger partial charge is 0.292 e. The average molecular weight is 381 g/mol. The molecule has 2 aromatic rings. The van der Waals surface area contributed by atoms with E-state index in [2.05, 4.69) is 11.2 Å². The lowest BCUT2D eigenvalue weighted by atomic mass is 9.98. The van der Waals surface area contributed by atoms with E-state index in [4.69, 9.17) is 19.3 Å². The first-order valence-corrected chi connectivity index (χ1v) is 9.64. The SMILES string of the molecule is COc1cc(C#N)ccc1OCC1CCCN(C(=O)c2cc(C3CC3)no2)C1. The first kappa shape index (κ1) is 18.4. The van der Waals surface area contributed by atoms with E-state index < -0.39 is 0 Å². The van der Waals surface area contributed by atoms with Gasteiger partial charge in [-0.05, 0) is 37.8 Å². The summed E-state index contributed by atoms with van der Waals surface area (Å²) in [7, 11) is 1.55. The van der Waals surface area contributed by atoms with Crippen molar-refractivity contribution < 1.29 is 18.8 Å². The Balaban J connectivity index is 1.36. The molecule has 28 heavy (non-hydrogen) atoms. The highest BCUT2D eigenvalue weighted by Gasteiger charge is 2.31. The fraction of sp³-hybridized carbons (Fsp3) is 0.476. The van der Waals surface area contributed by atoms with Gasteiger partial charge in [0.05, 0.1) is 31.0 Å². The van der Waals surface area contributed by atoms with Crippen LogP contribution in [-0.2, 0) is 0 Å². The van der Waals surface area contributed by atoms with E-state index in [1.807, 2.05) is 4.90 Å². The van der Waals surface area contributed by atoms with Gasteiger partial charge in [-0.3, -0.25) is 4.79 Å². The van der Waals surface area contributed by atoms with Crippen LogP contribution in [0.1, 0.15) is 53.4 Å². The first-order chi connectivity index (χ1) is 13.7. The standard InChI is InChI=1S/C21H23N3O4/c1-26-19-9-14(11-22)4-7-18(19)27-13-15-3-2-8-24(12-15)21(25)20-10-17(23-28-20)16-5-6-16/h4,7,9-10,15-16H,2-3,5-6,8,12-13H2,1H3. The summed E-state index contributed by atoms with van der Waals surface area (Å²) in [5.41, 5.74) is 1.42. The molecule has 0 bridgehead atoms. The van der Waals surface area contributed by atoms with Crippen LogP contribution in [0, 0.1) is 17.2 Å². The fourth-order valence-corrected chi connectivity index (χ4v) is 3.57. The lowest BCUT2D eigenvalue weighted by Gasteiger charge is -2.32. The van der Waals surface area contributed by atoms with Crippen LogP contribution in [0.5, 0.6) is 11.5 Å².